The summed E-state index contributed by atoms with van der Waals surface area (Å²) < 4.78 is 26.9. The molecule has 1 amide bonds. The van der Waals surface area contributed by atoms with Gasteiger partial charge >= 0.3 is 0 Å². The number of nitrogens with one attached hydrogen (secondary N) is 1. The first-order valence-corrected chi connectivity index (χ1v) is 9.10. The molecule has 0 aliphatic rings. The quantitative estimate of drug-likeness (QED) is 0.822. The number of sulfonamides is 1. The van der Waals surface area contributed by atoms with Crippen LogP contribution in [0.1, 0.15) is 12.5 Å². The van der Waals surface area contributed by atoms with Crippen molar-refractivity contribution in [2.75, 3.05) is 13.6 Å². The van der Waals surface area contributed by atoms with Gasteiger partial charge in [0.25, 0.3) is 0 Å². The standard InChI is InChI=1S/C17H21N3O3S/c1-14(19-24(22,23)16-6-4-3-5-7-16)17(21)20(2)13-10-15-8-11-18-12-9-15/h3-9,11-12,14,19H,10,13H2,1-2H3. The molecule has 0 aliphatic heterocycles. The van der Waals surface area contributed by atoms with Crippen LogP contribution in [-0.4, -0.2) is 43.8 Å². The van der Waals surface area contributed by atoms with Crippen LogP contribution in [0.5, 0.6) is 0 Å². The SMILES string of the molecule is CC(NS(=O)(=O)c1ccccc1)C(=O)N(C)CCc1ccncc1. The molecular weight excluding hydrogens is 326 g/mol. The summed E-state index contributed by atoms with van der Waals surface area (Å²) in [5.74, 6) is -0.274. The van der Waals surface area contributed by atoms with E-state index in [-0.39, 0.29) is 10.8 Å². The molecule has 1 aromatic carbocycles. The molecule has 0 saturated carbocycles. The first-order valence-electron chi connectivity index (χ1n) is 7.61. The molecule has 6 nitrogen and oxygen atoms in total. The molecule has 1 atom stereocenters. The summed E-state index contributed by atoms with van der Waals surface area (Å²) >= 11 is 0. The van der Waals surface area contributed by atoms with E-state index in [0.717, 1.165) is 5.56 Å². The fourth-order valence-corrected chi connectivity index (χ4v) is 3.46. The summed E-state index contributed by atoms with van der Waals surface area (Å²) in [5.41, 5.74) is 1.07. The molecular formula is C17H21N3O3S. The Hall–Kier alpha value is -2.25. The lowest BCUT2D eigenvalue weighted by molar-refractivity contribution is -0.131. The van der Waals surface area contributed by atoms with Crippen molar-refractivity contribution in [2.24, 2.45) is 0 Å². The molecule has 0 spiro atoms. The minimum absolute atomic E-state index is 0.143. The van der Waals surface area contributed by atoms with Gasteiger partial charge in [0.05, 0.1) is 10.9 Å². The van der Waals surface area contributed by atoms with Crippen molar-refractivity contribution >= 4 is 15.9 Å². The zero-order valence-corrected chi connectivity index (χ0v) is 14.5. The minimum atomic E-state index is -3.71. The van der Waals surface area contributed by atoms with Gasteiger partial charge < -0.3 is 4.90 Å². The number of carbonyl (C=O) groups excluding carboxylic acids is 1. The molecule has 2 rings (SSSR count). The fraction of sp³-hybridized carbons (Fsp3) is 0.294. The van der Waals surface area contributed by atoms with Crippen LogP contribution in [0.15, 0.2) is 59.8 Å². The van der Waals surface area contributed by atoms with Crippen LogP contribution in [-0.2, 0) is 21.2 Å². The number of hydrogen-bond donors (Lipinski definition) is 1. The molecule has 0 saturated heterocycles. The monoisotopic (exact) mass is 347 g/mol. The first kappa shape index (κ1) is 18.1. The van der Waals surface area contributed by atoms with Crippen molar-refractivity contribution in [2.45, 2.75) is 24.3 Å². The highest BCUT2D eigenvalue weighted by Crippen LogP contribution is 2.09. The summed E-state index contributed by atoms with van der Waals surface area (Å²) in [7, 11) is -2.05. The van der Waals surface area contributed by atoms with E-state index in [4.69, 9.17) is 0 Å². The number of rotatable bonds is 7. The van der Waals surface area contributed by atoms with Crippen molar-refractivity contribution in [3.8, 4) is 0 Å². The van der Waals surface area contributed by atoms with E-state index in [0.29, 0.717) is 13.0 Å². The van der Waals surface area contributed by atoms with Gasteiger partial charge in [0, 0.05) is 26.0 Å². The van der Waals surface area contributed by atoms with Crippen LogP contribution in [0.3, 0.4) is 0 Å². The van der Waals surface area contributed by atoms with E-state index in [1.807, 2.05) is 12.1 Å². The second-order valence-corrected chi connectivity index (χ2v) is 7.24. The molecule has 1 aromatic heterocycles. The smallest absolute Gasteiger partial charge is 0.241 e. The Labute approximate surface area is 142 Å². The van der Waals surface area contributed by atoms with Gasteiger partial charge in [0.1, 0.15) is 0 Å². The second-order valence-electron chi connectivity index (χ2n) is 5.52. The Morgan fingerprint density at radius 3 is 2.42 bits per heavy atom. The summed E-state index contributed by atoms with van der Waals surface area (Å²) in [6.07, 6.45) is 4.09. The van der Waals surface area contributed by atoms with Gasteiger partial charge in [-0.25, -0.2) is 8.42 Å². The number of nitrogens with zero attached hydrogens (tertiary/aromatic N) is 2. The maximum absolute atomic E-state index is 12.4. The Balaban J connectivity index is 1.94. The zero-order chi connectivity index (χ0) is 17.6. The molecule has 24 heavy (non-hydrogen) atoms. The molecule has 2 aromatic rings. The van der Waals surface area contributed by atoms with Crippen molar-refractivity contribution in [3.05, 3.63) is 60.4 Å². The average molecular weight is 347 g/mol. The van der Waals surface area contributed by atoms with E-state index >= 15 is 0 Å². The van der Waals surface area contributed by atoms with Crippen molar-refractivity contribution in [1.29, 1.82) is 0 Å². The van der Waals surface area contributed by atoms with Gasteiger partial charge in [-0.1, -0.05) is 18.2 Å². The first-order chi connectivity index (χ1) is 11.4. The maximum Gasteiger partial charge on any atom is 0.241 e. The van der Waals surface area contributed by atoms with E-state index in [1.54, 1.807) is 44.6 Å². The van der Waals surface area contributed by atoms with Crippen molar-refractivity contribution < 1.29 is 13.2 Å². The maximum atomic E-state index is 12.4. The number of carbonyl (C=O) groups is 1. The molecule has 1 heterocycles. The topological polar surface area (TPSA) is 79.4 Å². The summed E-state index contributed by atoms with van der Waals surface area (Å²) in [6.45, 7) is 2.05. The lowest BCUT2D eigenvalue weighted by Crippen LogP contribution is -2.45. The zero-order valence-electron chi connectivity index (χ0n) is 13.7. The largest absolute Gasteiger partial charge is 0.344 e. The normalized spacial score (nSPS) is 12.6. The van der Waals surface area contributed by atoms with Gasteiger partial charge in [0.15, 0.2) is 0 Å². The fourth-order valence-electron chi connectivity index (χ4n) is 2.24. The van der Waals surface area contributed by atoms with Crippen LogP contribution >= 0.6 is 0 Å². The highest BCUT2D eigenvalue weighted by atomic mass is 32.2. The minimum Gasteiger partial charge on any atom is -0.344 e. The Bertz CT molecular complexity index is 764. The third-order valence-electron chi connectivity index (χ3n) is 3.62. The number of pyridine rings is 1. The molecule has 128 valence electrons. The Kier molecular flexibility index (Phi) is 6.05. The molecule has 1 unspecified atom stereocenters. The molecule has 0 radical (unpaired) electrons. The van der Waals surface area contributed by atoms with Gasteiger partial charge in [0.2, 0.25) is 15.9 Å². The number of hydrogen-bond acceptors (Lipinski definition) is 4. The molecule has 1 N–H and O–H groups in total. The van der Waals surface area contributed by atoms with Gasteiger partial charge in [-0.05, 0) is 43.2 Å². The molecule has 0 fully saturated rings. The van der Waals surface area contributed by atoms with Crippen LogP contribution < -0.4 is 4.72 Å². The van der Waals surface area contributed by atoms with Gasteiger partial charge in [-0.3, -0.25) is 9.78 Å². The van der Waals surface area contributed by atoms with Crippen molar-refractivity contribution in [3.63, 3.8) is 0 Å². The highest BCUT2D eigenvalue weighted by molar-refractivity contribution is 7.89. The van der Waals surface area contributed by atoms with E-state index in [2.05, 4.69) is 9.71 Å². The van der Waals surface area contributed by atoms with Crippen LogP contribution in [0, 0.1) is 0 Å². The van der Waals surface area contributed by atoms with E-state index < -0.39 is 16.1 Å². The third-order valence-corrected chi connectivity index (χ3v) is 5.17. The number of amides is 1. The van der Waals surface area contributed by atoms with E-state index in [1.165, 1.54) is 17.0 Å². The number of likely N-dealkylation sites (N-methyl/N-ethyl adjacent to an activating group) is 1. The summed E-state index contributed by atoms with van der Waals surface area (Å²) in [4.78, 5) is 18.0. The second kappa shape index (κ2) is 8.03. The predicted molar refractivity (Wildman–Crippen MR) is 91.8 cm³/mol. The molecule has 0 bridgehead atoms. The van der Waals surface area contributed by atoms with Crippen LogP contribution in [0.25, 0.3) is 0 Å². The Morgan fingerprint density at radius 1 is 1.17 bits per heavy atom. The Morgan fingerprint density at radius 2 is 1.79 bits per heavy atom. The molecule has 0 aliphatic carbocycles. The van der Waals surface area contributed by atoms with E-state index in [9.17, 15) is 13.2 Å². The lowest BCUT2D eigenvalue weighted by atomic mass is 10.2. The lowest BCUT2D eigenvalue weighted by Gasteiger charge is -2.22. The third kappa shape index (κ3) is 4.87. The van der Waals surface area contributed by atoms with Crippen LogP contribution in [0.4, 0.5) is 0 Å². The highest BCUT2D eigenvalue weighted by Gasteiger charge is 2.23. The average Bonchev–Trinajstić information content (AvgIpc) is 2.60. The predicted octanol–water partition coefficient (Wildman–Crippen LogP) is 1.45. The van der Waals surface area contributed by atoms with Crippen molar-refractivity contribution in [1.82, 2.24) is 14.6 Å². The summed E-state index contributed by atoms with van der Waals surface area (Å²) in [5, 5.41) is 0. The van der Waals surface area contributed by atoms with Crippen LogP contribution in [0.2, 0.25) is 0 Å². The number of benzene rings is 1. The molecule has 7 heteroatoms. The number of aromatic nitrogens is 1. The van der Waals surface area contributed by atoms with Gasteiger partial charge in [-0.15, -0.1) is 0 Å². The summed E-state index contributed by atoms with van der Waals surface area (Å²) in [6, 6.07) is 10.9. The van der Waals surface area contributed by atoms with Gasteiger partial charge in [-0.2, -0.15) is 4.72 Å².